The molecule has 4 heteroatoms. The van der Waals surface area contributed by atoms with E-state index in [1.54, 1.807) is 6.20 Å². The summed E-state index contributed by atoms with van der Waals surface area (Å²) in [5.74, 6) is 0.0709. The lowest BCUT2D eigenvalue weighted by Crippen LogP contribution is -2.21. The third-order valence-corrected chi connectivity index (χ3v) is 1.80. The van der Waals surface area contributed by atoms with E-state index < -0.39 is 0 Å². The second kappa shape index (κ2) is 5.70. The summed E-state index contributed by atoms with van der Waals surface area (Å²) >= 11 is 0. The number of guanidine groups is 1. The topological polar surface area (TPSA) is 76.4 Å². The number of rotatable bonds is 4. The van der Waals surface area contributed by atoms with Crippen LogP contribution in [-0.4, -0.2) is 12.5 Å². The van der Waals surface area contributed by atoms with Gasteiger partial charge in [0.25, 0.3) is 0 Å². The molecule has 1 aromatic rings. The van der Waals surface area contributed by atoms with Gasteiger partial charge in [-0.05, 0) is 25.1 Å². The van der Waals surface area contributed by atoms with E-state index in [1.165, 1.54) is 5.56 Å². The summed E-state index contributed by atoms with van der Waals surface area (Å²) in [5, 5.41) is 3.21. The number of nitrogens with two attached hydrogens (primary N) is 2. The molecule has 0 aliphatic carbocycles. The monoisotopic (exact) mass is 204 g/mol. The number of aryl methyl sites for hydroxylation is 1. The lowest BCUT2D eigenvalue weighted by Gasteiger charge is -2.02. The maximum atomic E-state index is 5.16. The highest BCUT2D eigenvalue weighted by atomic mass is 15.0. The maximum absolute atomic E-state index is 5.16. The lowest BCUT2D eigenvalue weighted by atomic mass is 10.2. The molecular weight excluding hydrogens is 188 g/mol. The molecule has 1 rings (SSSR count). The van der Waals surface area contributed by atoms with E-state index in [9.17, 15) is 0 Å². The summed E-state index contributed by atoms with van der Waals surface area (Å²) in [6.07, 6.45) is 3.43. The summed E-state index contributed by atoms with van der Waals surface area (Å²) in [5.41, 5.74) is 12.6. The molecule has 0 bridgehead atoms. The van der Waals surface area contributed by atoms with E-state index in [0.29, 0.717) is 6.54 Å². The predicted octanol–water partition coefficient (Wildman–Crippen LogP) is 1.19. The standard InChI is InChI=1S/C11H16N4/c1-9-3-5-10(6-4-9)14-7-2-8-15-11(12)13/h2-6,8,14H,7H2,1H3,(H4,12,13,15)/b8-2-. The van der Waals surface area contributed by atoms with Gasteiger partial charge in [-0.15, -0.1) is 0 Å². The fourth-order valence-electron chi connectivity index (χ4n) is 1.04. The molecule has 5 N–H and O–H groups in total. The Kier molecular flexibility index (Phi) is 4.22. The Labute approximate surface area is 89.7 Å². The Morgan fingerprint density at radius 1 is 1.33 bits per heavy atom. The first-order valence-electron chi connectivity index (χ1n) is 4.73. The zero-order chi connectivity index (χ0) is 11.1. The van der Waals surface area contributed by atoms with Crippen molar-refractivity contribution in [2.75, 3.05) is 11.9 Å². The van der Waals surface area contributed by atoms with E-state index in [-0.39, 0.29) is 5.96 Å². The number of hydrogen-bond donors (Lipinski definition) is 3. The highest BCUT2D eigenvalue weighted by Gasteiger charge is 1.87. The van der Waals surface area contributed by atoms with Crippen LogP contribution in [0.25, 0.3) is 0 Å². The van der Waals surface area contributed by atoms with Crippen molar-refractivity contribution in [1.29, 1.82) is 0 Å². The van der Waals surface area contributed by atoms with Gasteiger partial charge in [0.1, 0.15) is 0 Å². The van der Waals surface area contributed by atoms with Gasteiger partial charge in [0, 0.05) is 18.4 Å². The van der Waals surface area contributed by atoms with Gasteiger partial charge in [0.15, 0.2) is 5.96 Å². The van der Waals surface area contributed by atoms with Crippen molar-refractivity contribution in [3.8, 4) is 0 Å². The normalized spacial score (nSPS) is 10.2. The third-order valence-electron chi connectivity index (χ3n) is 1.80. The van der Waals surface area contributed by atoms with Crippen LogP contribution in [0, 0.1) is 6.92 Å². The van der Waals surface area contributed by atoms with Gasteiger partial charge in [-0.25, -0.2) is 4.99 Å². The Bertz CT molecular complexity index is 347. The fraction of sp³-hybridized carbons (Fsp3) is 0.182. The molecule has 0 unspecified atom stereocenters. The molecule has 0 fully saturated rings. The molecule has 0 atom stereocenters. The largest absolute Gasteiger partial charge is 0.382 e. The van der Waals surface area contributed by atoms with Crippen molar-refractivity contribution in [2.24, 2.45) is 16.5 Å². The van der Waals surface area contributed by atoms with Crippen LogP contribution >= 0.6 is 0 Å². The molecule has 0 aliphatic rings. The molecule has 1 aromatic carbocycles. The molecule has 80 valence electrons. The summed E-state index contributed by atoms with van der Waals surface area (Å²) in [6, 6.07) is 8.18. The fourth-order valence-corrected chi connectivity index (χ4v) is 1.04. The van der Waals surface area contributed by atoms with Gasteiger partial charge >= 0.3 is 0 Å². The van der Waals surface area contributed by atoms with Gasteiger partial charge in [-0.1, -0.05) is 17.7 Å². The summed E-state index contributed by atoms with van der Waals surface area (Å²) in [7, 11) is 0. The highest BCUT2D eigenvalue weighted by Crippen LogP contribution is 2.07. The van der Waals surface area contributed by atoms with Crippen LogP contribution in [0.2, 0.25) is 0 Å². The predicted molar refractivity (Wildman–Crippen MR) is 64.6 cm³/mol. The molecule has 0 saturated heterocycles. The molecule has 15 heavy (non-hydrogen) atoms. The zero-order valence-corrected chi connectivity index (χ0v) is 8.77. The second-order valence-electron chi connectivity index (χ2n) is 3.19. The van der Waals surface area contributed by atoms with Crippen LogP contribution in [0.4, 0.5) is 5.69 Å². The first-order valence-corrected chi connectivity index (χ1v) is 4.73. The van der Waals surface area contributed by atoms with Gasteiger partial charge in [-0.3, -0.25) is 0 Å². The quantitative estimate of drug-likeness (QED) is 0.509. The number of hydrogen-bond acceptors (Lipinski definition) is 2. The van der Waals surface area contributed by atoms with Crippen molar-refractivity contribution in [2.45, 2.75) is 6.92 Å². The smallest absolute Gasteiger partial charge is 0.190 e. The van der Waals surface area contributed by atoms with E-state index in [1.807, 2.05) is 18.2 Å². The minimum Gasteiger partial charge on any atom is -0.382 e. The van der Waals surface area contributed by atoms with Crippen LogP contribution in [0.15, 0.2) is 41.5 Å². The summed E-state index contributed by atoms with van der Waals surface area (Å²) in [4.78, 5) is 3.72. The number of anilines is 1. The van der Waals surface area contributed by atoms with Gasteiger partial charge in [-0.2, -0.15) is 0 Å². The van der Waals surface area contributed by atoms with Gasteiger partial charge in [0.2, 0.25) is 0 Å². The Morgan fingerprint density at radius 3 is 2.60 bits per heavy atom. The van der Waals surface area contributed by atoms with Crippen molar-refractivity contribution in [1.82, 2.24) is 0 Å². The second-order valence-corrected chi connectivity index (χ2v) is 3.19. The van der Waals surface area contributed by atoms with E-state index in [4.69, 9.17) is 11.5 Å². The molecular formula is C11H16N4. The van der Waals surface area contributed by atoms with Crippen LogP contribution in [0.1, 0.15) is 5.56 Å². The number of nitrogens with one attached hydrogen (secondary N) is 1. The van der Waals surface area contributed by atoms with E-state index >= 15 is 0 Å². The molecule has 0 amide bonds. The van der Waals surface area contributed by atoms with E-state index in [0.717, 1.165) is 5.69 Å². The molecule has 0 spiro atoms. The minimum absolute atomic E-state index is 0.0709. The zero-order valence-electron chi connectivity index (χ0n) is 8.77. The van der Waals surface area contributed by atoms with E-state index in [2.05, 4.69) is 29.4 Å². The number of nitrogens with zero attached hydrogens (tertiary/aromatic N) is 1. The lowest BCUT2D eigenvalue weighted by molar-refractivity contribution is 1.30. The first kappa shape index (κ1) is 11.1. The van der Waals surface area contributed by atoms with Crippen LogP contribution in [0.5, 0.6) is 0 Å². The Morgan fingerprint density at radius 2 is 2.00 bits per heavy atom. The Hall–Kier alpha value is -1.97. The molecule has 0 aliphatic heterocycles. The first-order chi connectivity index (χ1) is 7.18. The Balaban J connectivity index is 2.35. The highest BCUT2D eigenvalue weighted by molar-refractivity contribution is 5.76. The van der Waals surface area contributed by atoms with Crippen molar-refractivity contribution < 1.29 is 0 Å². The van der Waals surface area contributed by atoms with Crippen LogP contribution in [0.3, 0.4) is 0 Å². The average Bonchev–Trinajstić information content (AvgIpc) is 2.20. The maximum Gasteiger partial charge on any atom is 0.190 e. The summed E-state index contributed by atoms with van der Waals surface area (Å²) < 4.78 is 0. The molecule has 0 aromatic heterocycles. The van der Waals surface area contributed by atoms with Crippen LogP contribution in [-0.2, 0) is 0 Å². The molecule has 0 radical (unpaired) electrons. The summed E-state index contributed by atoms with van der Waals surface area (Å²) in [6.45, 7) is 2.75. The van der Waals surface area contributed by atoms with Crippen molar-refractivity contribution >= 4 is 11.6 Å². The van der Waals surface area contributed by atoms with Crippen molar-refractivity contribution in [3.63, 3.8) is 0 Å². The van der Waals surface area contributed by atoms with Gasteiger partial charge in [0.05, 0.1) is 0 Å². The van der Waals surface area contributed by atoms with Gasteiger partial charge < -0.3 is 16.8 Å². The SMILES string of the molecule is Cc1ccc(NC/C=C\N=C(N)N)cc1. The van der Waals surface area contributed by atoms with Crippen molar-refractivity contribution in [3.05, 3.63) is 42.1 Å². The number of aliphatic imine (C=N–C) groups is 1. The molecule has 4 nitrogen and oxygen atoms in total. The molecule has 0 saturated carbocycles. The van der Waals surface area contributed by atoms with Crippen LogP contribution < -0.4 is 16.8 Å². The molecule has 0 heterocycles. The third kappa shape index (κ3) is 4.71. The minimum atomic E-state index is 0.0709. The average molecular weight is 204 g/mol. The number of benzene rings is 1.